The number of hydrogen-bond donors (Lipinski definition) is 1. The zero-order valence-corrected chi connectivity index (χ0v) is 11.5. The summed E-state index contributed by atoms with van der Waals surface area (Å²) < 4.78 is 13.7. The van der Waals surface area contributed by atoms with Crippen LogP contribution in [-0.4, -0.2) is 13.1 Å². The van der Waals surface area contributed by atoms with E-state index in [2.05, 4.69) is 18.4 Å². The average Bonchev–Trinajstić information content (AvgIpc) is 2.31. The Morgan fingerprint density at radius 2 is 2.17 bits per heavy atom. The lowest BCUT2D eigenvalue weighted by atomic mass is 10.0. The van der Waals surface area contributed by atoms with Gasteiger partial charge in [-0.3, -0.25) is 0 Å². The number of rotatable bonds is 6. The van der Waals surface area contributed by atoms with Crippen LogP contribution in [0.3, 0.4) is 0 Å². The maximum absolute atomic E-state index is 13.7. The summed E-state index contributed by atoms with van der Waals surface area (Å²) in [7, 11) is 0. The van der Waals surface area contributed by atoms with Crippen molar-refractivity contribution >= 4 is 5.69 Å². The third kappa shape index (κ3) is 3.33. The molecule has 2 N–H and O–H groups in total. The van der Waals surface area contributed by atoms with Gasteiger partial charge in [0.2, 0.25) is 0 Å². The first-order chi connectivity index (χ1) is 8.51. The quantitative estimate of drug-likeness (QED) is 0.782. The predicted octanol–water partition coefficient (Wildman–Crippen LogP) is 3.56. The summed E-state index contributed by atoms with van der Waals surface area (Å²) in [6, 6.07) is 3.26. The summed E-state index contributed by atoms with van der Waals surface area (Å²) in [6.45, 7) is 11.2. The summed E-state index contributed by atoms with van der Waals surface area (Å²) in [4.78, 5) is 2.19. The molecule has 100 valence electrons. The molecule has 0 amide bonds. The minimum Gasteiger partial charge on any atom is -0.368 e. The van der Waals surface area contributed by atoms with Gasteiger partial charge in [0, 0.05) is 24.8 Å². The number of benzene rings is 1. The topological polar surface area (TPSA) is 29.3 Å². The zero-order valence-electron chi connectivity index (χ0n) is 11.5. The molecule has 1 rings (SSSR count). The van der Waals surface area contributed by atoms with Crippen LogP contribution in [0.2, 0.25) is 0 Å². The van der Waals surface area contributed by atoms with Crippen molar-refractivity contribution in [1.82, 2.24) is 0 Å². The predicted molar refractivity (Wildman–Crippen MR) is 76.4 cm³/mol. The Bertz CT molecular complexity index is 413. The van der Waals surface area contributed by atoms with Crippen LogP contribution in [0.25, 0.3) is 0 Å². The fraction of sp³-hybridized carbons (Fsp3) is 0.467. The molecule has 0 radical (unpaired) electrons. The molecule has 0 unspecified atom stereocenters. The van der Waals surface area contributed by atoms with E-state index in [4.69, 9.17) is 5.73 Å². The number of halogens is 1. The van der Waals surface area contributed by atoms with Crippen molar-refractivity contribution in [3.63, 3.8) is 0 Å². The number of nitrogens with two attached hydrogens (primary N) is 1. The number of aryl methyl sites for hydroxylation is 1. The molecule has 2 nitrogen and oxygen atoms in total. The minimum absolute atomic E-state index is 0.181. The van der Waals surface area contributed by atoms with Crippen molar-refractivity contribution in [2.45, 2.75) is 33.2 Å². The third-order valence-corrected chi connectivity index (χ3v) is 2.98. The van der Waals surface area contributed by atoms with E-state index in [-0.39, 0.29) is 11.9 Å². The summed E-state index contributed by atoms with van der Waals surface area (Å²) in [5, 5.41) is 0. The molecule has 0 saturated heterocycles. The highest BCUT2D eigenvalue weighted by Gasteiger charge is 2.15. The van der Waals surface area contributed by atoms with Gasteiger partial charge in [0.25, 0.3) is 0 Å². The van der Waals surface area contributed by atoms with Gasteiger partial charge in [0.1, 0.15) is 5.82 Å². The number of hydrogen-bond acceptors (Lipinski definition) is 2. The van der Waals surface area contributed by atoms with E-state index in [0.717, 1.165) is 30.8 Å². The Balaban J connectivity index is 3.25. The maximum Gasteiger partial charge on any atom is 0.126 e. The van der Waals surface area contributed by atoms with E-state index in [0.29, 0.717) is 5.56 Å². The van der Waals surface area contributed by atoms with Crippen LogP contribution < -0.4 is 10.6 Å². The van der Waals surface area contributed by atoms with Gasteiger partial charge in [-0.1, -0.05) is 13.0 Å². The molecule has 0 fully saturated rings. The lowest BCUT2D eigenvalue weighted by molar-refractivity contribution is 0.612. The van der Waals surface area contributed by atoms with Crippen molar-refractivity contribution in [1.29, 1.82) is 0 Å². The molecular formula is C15H23FN2. The second-order valence-electron chi connectivity index (χ2n) is 4.68. The molecule has 1 aromatic carbocycles. The lowest BCUT2D eigenvalue weighted by Gasteiger charge is -2.27. The summed E-state index contributed by atoms with van der Waals surface area (Å²) >= 11 is 0. The molecule has 1 atom stereocenters. The summed E-state index contributed by atoms with van der Waals surface area (Å²) in [6.07, 6.45) is 2.89. The van der Waals surface area contributed by atoms with Crippen LogP contribution in [0.1, 0.15) is 37.4 Å². The molecule has 0 bridgehead atoms. The standard InChI is InChI=1S/C15H23FN2/c1-5-7-18(8-6-2)15-9-11(3)14(16)10-13(15)12(4)17/h5,9-10,12H,1,6-8,17H2,2-4H3/t12-/m1/s1. The zero-order chi connectivity index (χ0) is 13.7. The summed E-state index contributed by atoms with van der Waals surface area (Å²) in [5.74, 6) is -0.193. The number of anilines is 1. The largest absolute Gasteiger partial charge is 0.368 e. The van der Waals surface area contributed by atoms with Crippen molar-refractivity contribution in [2.75, 3.05) is 18.0 Å². The van der Waals surface area contributed by atoms with Crippen LogP contribution in [0.4, 0.5) is 10.1 Å². The molecular weight excluding hydrogens is 227 g/mol. The molecule has 3 heteroatoms. The molecule has 0 spiro atoms. The van der Waals surface area contributed by atoms with Crippen LogP contribution in [0, 0.1) is 12.7 Å². The molecule has 0 aromatic heterocycles. The summed E-state index contributed by atoms with van der Waals surface area (Å²) in [5.41, 5.74) is 8.47. The normalized spacial score (nSPS) is 12.3. The highest BCUT2D eigenvalue weighted by molar-refractivity contribution is 5.57. The highest BCUT2D eigenvalue weighted by atomic mass is 19.1. The van der Waals surface area contributed by atoms with Gasteiger partial charge < -0.3 is 10.6 Å². The SMILES string of the molecule is C=CCN(CCC)c1cc(C)c(F)cc1[C@@H](C)N. The monoisotopic (exact) mass is 250 g/mol. The Labute approximate surface area is 109 Å². The van der Waals surface area contributed by atoms with Crippen molar-refractivity contribution < 1.29 is 4.39 Å². The van der Waals surface area contributed by atoms with Gasteiger partial charge in [-0.25, -0.2) is 4.39 Å². The van der Waals surface area contributed by atoms with Gasteiger partial charge in [0.05, 0.1) is 0 Å². The van der Waals surface area contributed by atoms with Crippen LogP contribution in [-0.2, 0) is 0 Å². The first-order valence-electron chi connectivity index (χ1n) is 6.42. The fourth-order valence-corrected chi connectivity index (χ4v) is 2.06. The fourth-order valence-electron chi connectivity index (χ4n) is 2.06. The molecule has 1 aromatic rings. The Morgan fingerprint density at radius 1 is 1.50 bits per heavy atom. The first-order valence-corrected chi connectivity index (χ1v) is 6.42. The second kappa shape index (κ2) is 6.55. The van der Waals surface area contributed by atoms with Gasteiger partial charge in [-0.05, 0) is 43.5 Å². The van der Waals surface area contributed by atoms with E-state index >= 15 is 0 Å². The van der Waals surface area contributed by atoms with Gasteiger partial charge >= 0.3 is 0 Å². The number of nitrogens with zero attached hydrogens (tertiary/aromatic N) is 1. The maximum atomic E-state index is 13.7. The Hall–Kier alpha value is -1.35. The van der Waals surface area contributed by atoms with Crippen molar-refractivity contribution in [2.24, 2.45) is 5.73 Å². The van der Waals surface area contributed by atoms with E-state index in [1.54, 1.807) is 13.0 Å². The first kappa shape index (κ1) is 14.7. The second-order valence-corrected chi connectivity index (χ2v) is 4.68. The Kier molecular flexibility index (Phi) is 5.35. The van der Waals surface area contributed by atoms with Crippen LogP contribution in [0.5, 0.6) is 0 Å². The van der Waals surface area contributed by atoms with E-state index in [1.165, 1.54) is 0 Å². The van der Waals surface area contributed by atoms with Crippen molar-refractivity contribution in [3.05, 3.63) is 41.7 Å². The van der Waals surface area contributed by atoms with Crippen LogP contribution in [0.15, 0.2) is 24.8 Å². The molecule has 0 saturated carbocycles. The van der Waals surface area contributed by atoms with E-state index in [9.17, 15) is 4.39 Å². The molecule has 0 aliphatic carbocycles. The Morgan fingerprint density at radius 3 is 2.67 bits per heavy atom. The van der Waals surface area contributed by atoms with Crippen LogP contribution >= 0.6 is 0 Å². The minimum atomic E-state index is -0.193. The molecule has 0 heterocycles. The molecule has 0 aliphatic heterocycles. The molecule has 18 heavy (non-hydrogen) atoms. The lowest BCUT2D eigenvalue weighted by Crippen LogP contribution is -2.26. The van der Waals surface area contributed by atoms with E-state index in [1.807, 2.05) is 19.1 Å². The smallest absolute Gasteiger partial charge is 0.126 e. The van der Waals surface area contributed by atoms with E-state index < -0.39 is 0 Å². The molecule has 0 aliphatic rings. The van der Waals surface area contributed by atoms with Gasteiger partial charge in [-0.2, -0.15) is 0 Å². The highest BCUT2D eigenvalue weighted by Crippen LogP contribution is 2.28. The van der Waals surface area contributed by atoms with Gasteiger partial charge in [0.15, 0.2) is 0 Å². The van der Waals surface area contributed by atoms with Gasteiger partial charge in [-0.15, -0.1) is 6.58 Å². The third-order valence-electron chi connectivity index (χ3n) is 2.98. The van der Waals surface area contributed by atoms with Crippen molar-refractivity contribution in [3.8, 4) is 0 Å². The average molecular weight is 250 g/mol.